The van der Waals surface area contributed by atoms with Gasteiger partial charge in [0.25, 0.3) is 0 Å². The summed E-state index contributed by atoms with van der Waals surface area (Å²) >= 11 is 1.19. The van der Waals surface area contributed by atoms with Gasteiger partial charge in [-0.25, -0.2) is 17.8 Å². The molecular weight excluding hydrogens is 360 g/mol. The van der Waals surface area contributed by atoms with E-state index in [9.17, 15) is 8.42 Å². The van der Waals surface area contributed by atoms with Crippen molar-refractivity contribution in [2.75, 3.05) is 18.4 Å². The first-order chi connectivity index (χ1) is 12.0. The van der Waals surface area contributed by atoms with E-state index < -0.39 is 10.0 Å². The summed E-state index contributed by atoms with van der Waals surface area (Å²) in [5.74, 6) is 1.20. The molecule has 0 radical (unpaired) electrons. The molecule has 3 rings (SSSR count). The molecule has 3 heterocycles. The minimum absolute atomic E-state index is 0.251. The second-order valence-electron chi connectivity index (χ2n) is 5.37. The number of hydrogen-bond donors (Lipinski definition) is 2. The normalized spacial score (nSPS) is 11.6. The van der Waals surface area contributed by atoms with Crippen molar-refractivity contribution in [3.63, 3.8) is 0 Å². The van der Waals surface area contributed by atoms with Crippen molar-refractivity contribution < 1.29 is 8.42 Å². The zero-order valence-electron chi connectivity index (χ0n) is 13.8. The van der Waals surface area contributed by atoms with Gasteiger partial charge in [0.05, 0.1) is 5.69 Å². The minimum Gasteiger partial charge on any atom is -0.367 e. The van der Waals surface area contributed by atoms with E-state index in [-0.39, 0.29) is 6.54 Å². The molecule has 8 nitrogen and oxygen atoms in total. The molecule has 0 aromatic carbocycles. The van der Waals surface area contributed by atoms with Gasteiger partial charge in [0, 0.05) is 18.8 Å². The quantitative estimate of drug-likeness (QED) is 0.607. The van der Waals surface area contributed by atoms with Crippen LogP contribution in [0.5, 0.6) is 0 Å². The summed E-state index contributed by atoms with van der Waals surface area (Å²) in [6, 6.07) is 8.84. The second-order valence-corrected chi connectivity index (χ2v) is 8.31. The number of rotatable bonds is 7. The van der Waals surface area contributed by atoms with Crippen LogP contribution < -0.4 is 10.0 Å². The third-order valence-electron chi connectivity index (χ3n) is 3.36. The molecule has 0 aliphatic rings. The van der Waals surface area contributed by atoms with E-state index in [4.69, 9.17) is 0 Å². The van der Waals surface area contributed by atoms with Gasteiger partial charge in [0.2, 0.25) is 10.0 Å². The number of sulfonamides is 1. The summed E-state index contributed by atoms with van der Waals surface area (Å²) in [5.41, 5.74) is 1.90. The van der Waals surface area contributed by atoms with Crippen LogP contribution in [0.4, 0.5) is 5.82 Å². The number of hydrogen-bond acceptors (Lipinski definition) is 7. The van der Waals surface area contributed by atoms with Gasteiger partial charge < -0.3 is 5.32 Å². The van der Waals surface area contributed by atoms with Gasteiger partial charge >= 0.3 is 0 Å². The van der Waals surface area contributed by atoms with Gasteiger partial charge in [-0.05, 0) is 43.5 Å². The first-order valence-electron chi connectivity index (χ1n) is 7.60. The standard InChI is InChI=1S/C15H18N6O2S2/c1-11-10-12(2)21(20-11)14-6-5-13(18-19-14)16-7-8-17-25(22,23)15-4-3-9-24-15/h3-6,9-10,17H,7-8H2,1-2H3,(H,16,18). The van der Waals surface area contributed by atoms with Gasteiger partial charge in [0.1, 0.15) is 10.0 Å². The average Bonchev–Trinajstić information content (AvgIpc) is 3.22. The first-order valence-corrected chi connectivity index (χ1v) is 9.96. The lowest BCUT2D eigenvalue weighted by atomic mass is 10.4. The molecule has 0 amide bonds. The third kappa shape index (κ3) is 4.21. The van der Waals surface area contributed by atoms with Crippen LogP contribution in [0.1, 0.15) is 11.4 Å². The Morgan fingerprint density at radius 2 is 2.00 bits per heavy atom. The smallest absolute Gasteiger partial charge is 0.250 e. The molecule has 10 heteroatoms. The van der Waals surface area contributed by atoms with Crippen molar-refractivity contribution in [1.82, 2.24) is 24.7 Å². The molecule has 0 bridgehead atoms. The number of aryl methyl sites for hydroxylation is 2. The maximum atomic E-state index is 12.0. The molecule has 25 heavy (non-hydrogen) atoms. The van der Waals surface area contributed by atoms with Gasteiger partial charge in [-0.1, -0.05) is 6.07 Å². The van der Waals surface area contributed by atoms with E-state index in [0.29, 0.717) is 22.4 Å². The van der Waals surface area contributed by atoms with Gasteiger partial charge in [-0.3, -0.25) is 0 Å². The Morgan fingerprint density at radius 3 is 2.60 bits per heavy atom. The summed E-state index contributed by atoms with van der Waals surface area (Å²) in [6.07, 6.45) is 0. The molecule has 0 atom stereocenters. The van der Waals surface area contributed by atoms with E-state index in [0.717, 1.165) is 11.4 Å². The molecule has 3 aromatic rings. The lowest BCUT2D eigenvalue weighted by Gasteiger charge is -2.07. The van der Waals surface area contributed by atoms with Crippen molar-refractivity contribution in [3.8, 4) is 5.82 Å². The summed E-state index contributed by atoms with van der Waals surface area (Å²) in [6.45, 7) is 4.53. The number of thiophene rings is 1. The zero-order chi connectivity index (χ0) is 17.9. The number of aromatic nitrogens is 4. The highest BCUT2D eigenvalue weighted by Gasteiger charge is 2.13. The molecule has 0 aliphatic carbocycles. The minimum atomic E-state index is -3.44. The zero-order valence-corrected chi connectivity index (χ0v) is 15.4. The second kappa shape index (κ2) is 7.30. The molecule has 0 spiro atoms. The summed E-state index contributed by atoms with van der Waals surface area (Å²) in [5, 5.41) is 17.4. The Morgan fingerprint density at radius 1 is 1.16 bits per heavy atom. The lowest BCUT2D eigenvalue weighted by molar-refractivity contribution is 0.585. The summed E-state index contributed by atoms with van der Waals surface area (Å²) in [4.78, 5) is 0. The van der Waals surface area contributed by atoms with Gasteiger partial charge in [-0.15, -0.1) is 21.5 Å². The maximum Gasteiger partial charge on any atom is 0.250 e. The van der Waals surface area contributed by atoms with E-state index in [1.807, 2.05) is 26.0 Å². The molecule has 132 valence electrons. The van der Waals surface area contributed by atoms with Crippen molar-refractivity contribution in [3.05, 3.63) is 47.1 Å². The molecular formula is C15H18N6O2S2. The number of anilines is 1. The fourth-order valence-electron chi connectivity index (χ4n) is 2.26. The Kier molecular flexibility index (Phi) is 5.11. The van der Waals surface area contributed by atoms with E-state index in [1.165, 1.54) is 11.3 Å². The van der Waals surface area contributed by atoms with Crippen LogP contribution in [0.25, 0.3) is 5.82 Å². The molecule has 0 unspecified atom stereocenters. The Hall–Kier alpha value is -2.30. The van der Waals surface area contributed by atoms with Crippen molar-refractivity contribution in [2.24, 2.45) is 0 Å². The SMILES string of the molecule is Cc1cc(C)n(-c2ccc(NCCNS(=O)(=O)c3cccs3)nn2)n1. The first kappa shape index (κ1) is 17.5. The molecule has 0 saturated carbocycles. The molecule has 2 N–H and O–H groups in total. The lowest BCUT2D eigenvalue weighted by Crippen LogP contribution is -2.28. The van der Waals surface area contributed by atoms with Gasteiger partial charge in [0.15, 0.2) is 5.82 Å². The third-order valence-corrected chi connectivity index (χ3v) is 6.22. The molecule has 0 aliphatic heterocycles. The Labute approximate surface area is 150 Å². The highest BCUT2D eigenvalue weighted by Crippen LogP contribution is 2.15. The van der Waals surface area contributed by atoms with Crippen LogP contribution in [-0.2, 0) is 10.0 Å². The number of nitrogens with one attached hydrogen (secondary N) is 2. The van der Waals surface area contributed by atoms with Crippen LogP contribution in [-0.4, -0.2) is 41.5 Å². The fraction of sp³-hybridized carbons (Fsp3) is 0.267. The van der Waals surface area contributed by atoms with Gasteiger partial charge in [-0.2, -0.15) is 5.10 Å². The van der Waals surface area contributed by atoms with E-state index >= 15 is 0 Å². The maximum absolute atomic E-state index is 12.0. The van der Waals surface area contributed by atoms with Crippen LogP contribution in [0.15, 0.2) is 39.9 Å². The van der Waals surface area contributed by atoms with Crippen LogP contribution in [0.2, 0.25) is 0 Å². The highest BCUT2D eigenvalue weighted by atomic mass is 32.2. The van der Waals surface area contributed by atoms with Crippen LogP contribution in [0.3, 0.4) is 0 Å². The largest absolute Gasteiger partial charge is 0.367 e. The molecule has 3 aromatic heterocycles. The predicted octanol–water partition coefficient (Wildman–Crippen LogP) is 1.73. The summed E-state index contributed by atoms with van der Waals surface area (Å²) in [7, 11) is -3.44. The molecule has 0 fully saturated rings. The van der Waals surface area contributed by atoms with Crippen molar-refractivity contribution in [1.29, 1.82) is 0 Å². The highest BCUT2D eigenvalue weighted by molar-refractivity contribution is 7.91. The van der Waals surface area contributed by atoms with Crippen molar-refractivity contribution >= 4 is 27.2 Å². The Balaban J connectivity index is 1.53. The average molecular weight is 378 g/mol. The van der Waals surface area contributed by atoms with Crippen LogP contribution >= 0.6 is 11.3 Å². The number of nitrogens with zero attached hydrogens (tertiary/aromatic N) is 4. The van der Waals surface area contributed by atoms with E-state index in [2.05, 4.69) is 25.3 Å². The predicted molar refractivity (Wildman–Crippen MR) is 96.6 cm³/mol. The Bertz CT molecular complexity index is 933. The topological polar surface area (TPSA) is 102 Å². The molecule has 0 saturated heterocycles. The van der Waals surface area contributed by atoms with Crippen LogP contribution in [0, 0.1) is 13.8 Å². The monoisotopic (exact) mass is 378 g/mol. The summed E-state index contributed by atoms with van der Waals surface area (Å²) < 4.78 is 28.5. The van der Waals surface area contributed by atoms with E-state index in [1.54, 1.807) is 28.3 Å². The fourth-order valence-corrected chi connectivity index (χ4v) is 4.33. The van der Waals surface area contributed by atoms with Crippen molar-refractivity contribution in [2.45, 2.75) is 18.1 Å².